The molecule has 0 aromatic carbocycles. The lowest BCUT2D eigenvalue weighted by atomic mass is 9.95. The van der Waals surface area contributed by atoms with Crippen molar-refractivity contribution >= 4 is 17.7 Å². The highest BCUT2D eigenvalue weighted by molar-refractivity contribution is 5.79. The van der Waals surface area contributed by atoms with Crippen LogP contribution in [0.15, 0.2) is 30.9 Å². The molecular weight excluding hydrogens is 364 g/mol. The summed E-state index contributed by atoms with van der Waals surface area (Å²) in [5.74, 6) is -0.625. The first kappa shape index (κ1) is 20.0. The normalized spacial score (nSPS) is 21.0. The molecule has 1 saturated carbocycles. The third-order valence-corrected chi connectivity index (χ3v) is 4.90. The first-order valence-electron chi connectivity index (χ1n) is 9.42. The maximum atomic E-state index is 14.3. The quantitative estimate of drug-likeness (QED) is 0.575. The summed E-state index contributed by atoms with van der Waals surface area (Å²) in [4.78, 5) is 11.1. The zero-order valence-electron chi connectivity index (χ0n) is 15.6. The van der Waals surface area contributed by atoms with E-state index in [2.05, 4.69) is 26.8 Å². The highest BCUT2D eigenvalue weighted by Gasteiger charge is 2.20. The molecule has 0 saturated heterocycles. The Bertz CT molecular complexity index is 864. The number of H-pyrrole nitrogens is 1. The SMILES string of the molecule is C=C/C(F)=C\c1c(-c2ncc(F)c(N[C@H]3CCCCC[C@H](O)C3)n2)c[nH]c1N. The molecule has 1 aliphatic carbocycles. The predicted molar refractivity (Wildman–Crippen MR) is 107 cm³/mol. The molecule has 0 spiro atoms. The Morgan fingerprint density at radius 2 is 2.14 bits per heavy atom. The monoisotopic (exact) mass is 389 g/mol. The number of aromatic amines is 1. The number of aliphatic hydroxyl groups is 1. The number of nitrogens with zero attached hydrogens (tertiary/aromatic N) is 2. The Morgan fingerprint density at radius 1 is 1.36 bits per heavy atom. The van der Waals surface area contributed by atoms with Crippen molar-refractivity contribution in [3.8, 4) is 11.4 Å². The zero-order valence-corrected chi connectivity index (χ0v) is 15.6. The molecule has 1 fully saturated rings. The van der Waals surface area contributed by atoms with E-state index >= 15 is 0 Å². The van der Waals surface area contributed by atoms with Crippen molar-refractivity contribution in [2.45, 2.75) is 50.7 Å². The molecule has 1 aliphatic rings. The summed E-state index contributed by atoms with van der Waals surface area (Å²) in [6.45, 7) is 3.38. The summed E-state index contributed by atoms with van der Waals surface area (Å²) in [6.07, 6.45) is 9.67. The van der Waals surface area contributed by atoms with Crippen LogP contribution in [-0.4, -0.2) is 32.2 Å². The predicted octanol–water partition coefficient (Wildman–Crippen LogP) is 4.19. The molecule has 0 bridgehead atoms. The summed E-state index contributed by atoms with van der Waals surface area (Å²) < 4.78 is 28.0. The minimum absolute atomic E-state index is 0.0571. The van der Waals surface area contributed by atoms with Crippen LogP contribution in [0.25, 0.3) is 17.5 Å². The van der Waals surface area contributed by atoms with Gasteiger partial charge in [-0.05, 0) is 31.4 Å². The van der Waals surface area contributed by atoms with E-state index in [0.29, 0.717) is 17.5 Å². The first-order valence-corrected chi connectivity index (χ1v) is 9.42. The topological polar surface area (TPSA) is 99.9 Å². The molecule has 0 aliphatic heterocycles. The van der Waals surface area contributed by atoms with Crippen LogP contribution >= 0.6 is 0 Å². The second kappa shape index (κ2) is 8.97. The maximum absolute atomic E-state index is 14.3. The van der Waals surface area contributed by atoms with Gasteiger partial charge in [0.15, 0.2) is 17.5 Å². The number of rotatable bonds is 5. The highest BCUT2D eigenvalue weighted by Crippen LogP contribution is 2.29. The number of anilines is 2. The van der Waals surface area contributed by atoms with E-state index < -0.39 is 17.7 Å². The number of aliphatic hydroxyl groups excluding tert-OH is 1. The van der Waals surface area contributed by atoms with Gasteiger partial charge in [-0.25, -0.2) is 18.7 Å². The van der Waals surface area contributed by atoms with Crippen LogP contribution < -0.4 is 11.1 Å². The molecule has 3 rings (SSSR count). The summed E-state index contributed by atoms with van der Waals surface area (Å²) in [5, 5.41) is 13.2. The smallest absolute Gasteiger partial charge is 0.183 e. The molecule has 5 N–H and O–H groups in total. The highest BCUT2D eigenvalue weighted by atomic mass is 19.1. The van der Waals surface area contributed by atoms with Crippen molar-refractivity contribution in [2.75, 3.05) is 11.1 Å². The van der Waals surface area contributed by atoms with Gasteiger partial charge >= 0.3 is 0 Å². The second-order valence-electron chi connectivity index (χ2n) is 7.02. The van der Waals surface area contributed by atoms with Gasteiger partial charge in [-0.1, -0.05) is 25.8 Å². The number of halogens is 2. The average Bonchev–Trinajstić information content (AvgIpc) is 3.01. The van der Waals surface area contributed by atoms with Gasteiger partial charge in [-0.15, -0.1) is 0 Å². The molecule has 150 valence electrons. The van der Waals surface area contributed by atoms with Gasteiger partial charge in [0, 0.05) is 23.4 Å². The lowest BCUT2D eigenvalue weighted by Gasteiger charge is -2.25. The molecule has 2 heterocycles. The lowest BCUT2D eigenvalue weighted by molar-refractivity contribution is 0.137. The summed E-state index contributed by atoms with van der Waals surface area (Å²) in [5.41, 5.74) is 6.70. The molecule has 2 atom stereocenters. The molecule has 0 unspecified atom stereocenters. The van der Waals surface area contributed by atoms with Crippen LogP contribution in [0, 0.1) is 5.82 Å². The molecule has 2 aromatic rings. The number of nitrogen functional groups attached to an aromatic ring is 1. The molecular formula is C20H25F2N5O. The number of aromatic nitrogens is 3. The Balaban J connectivity index is 1.89. The van der Waals surface area contributed by atoms with Gasteiger partial charge < -0.3 is 21.1 Å². The van der Waals surface area contributed by atoms with Crippen molar-refractivity contribution in [1.29, 1.82) is 0 Å². The number of hydrogen-bond acceptors (Lipinski definition) is 5. The van der Waals surface area contributed by atoms with E-state index in [1.165, 1.54) is 6.08 Å². The van der Waals surface area contributed by atoms with E-state index in [0.717, 1.165) is 44.4 Å². The molecule has 8 heteroatoms. The molecule has 2 aromatic heterocycles. The second-order valence-corrected chi connectivity index (χ2v) is 7.02. The standard InChI is InChI=1S/C20H25F2N5O/c1-2-12(21)8-15-16(10-24-18(15)23)19-25-11-17(22)20(27-19)26-13-6-4-3-5-7-14(28)9-13/h2,8,10-11,13-14,24,28H,1,3-7,9,23H2,(H,25,26,27)/b12-8+/t13-,14-/m0/s1. The zero-order chi connectivity index (χ0) is 20.1. The van der Waals surface area contributed by atoms with E-state index in [4.69, 9.17) is 5.73 Å². The van der Waals surface area contributed by atoms with Crippen LogP contribution in [-0.2, 0) is 0 Å². The fourth-order valence-corrected chi connectivity index (χ4v) is 3.42. The first-order chi connectivity index (χ1) is 13.5. The molecule has 0 amide bonds. The van der Waals surface area contributed by atoms with E-state index in [1.807, 2.05) is 0 Å². The van der Waals surface area contributed by atoms with Crippen LogP contribution in [0.4, 0.5) is 20.4 Å². The third kappa shape index (κ3) is 4.75. The Labute approximate surface area is 162 Å². The maximum Gasteiger partial charge on any atom is 0.183 e. The van der Waals surface area contributed by atoms with Crippen molar-refractivity contribution in [2.24, 2.45) is 0 Å². The number of allylic oxidation sites excluding steroid dienone is 2. The number of hydrogen-bond donors (Lipinski definition) is 4. The van der Waals surface area contributed by atoms with Gasteiger partial charge in [-0.2, -0.15) is 0 Å². The van der Waals surface area contributed by atoms with Crippen LogP contribution in [0.2, 0.25) is 0 Å². The van der Waals surface area contributed by atoms with Gasteiger partial charge in [0.1, 0.15) is 11.6 Å². The average molecular weight is 389 g/mol. The summed E-state index contributed by atoms with van der Waals surface area (Å²) in [7, 11) is 0. The fourth-order valence-electron chi connectivity index (χ4n) is 3.42. The van der Waals surface area contributed by atoms with Crippen LogP contribution in [0.3, 0.4) is 0 Å². The summed E-state index contributed by atoms with van der Waals surface area (Å²) >= 11 is 0. The lowest BCUT2D eigenvalue weighted by Crippen LogP contribution is -2.28. The Kier molecular flexibility index (Phi) is 6.41. The van der Waals surface area contributed by atoms with Crippen LogP contribution in [0.1, 0.15) is 44.1 Å². The number of nitrogens with two attached hydrogens (primary N) is 1. The third-order valence-electron chi connectivity index (χ3n) is 4.90. The van der Waals surface area contributed by atoms with Gasteiger partial charge in [0.25, 0.3) is 0 Å². The van der Waals surface area contributed by atoms with Gasteiger partial charge in [-0.3, -0.25) is 0 Å². The van der Waals surface area contributed by atoms with Crippen molar-refractivity contribution in [3.63, 3.8) is 0 Å². The van der Waals surface area contributed by atoms with Crippen molar-refractivity contribution < 1.29 is 13.9 Å². The van der Waals surface area contributed by atoms with Crippen molar-refractivity contribution in [1.82, 2.24) is 15.0 Å². The molecule has 28 heavy (non-hydrogen) atoms. The number of nitrogens with one attached hydrogen (secondary N) is 2. The summed E-state index contributed by atoms with van der Waals surface area (Å²) in [6, 6.07) is -0.0820. The van der Waals surface area contributed by atoms with E-state index in [-0.39, 0.29) is 23.5 Å². The Morgan fingerprint density at radius 3 is 2.93 bits per heavy atom. The Hall–Kier alpha value is -2.74. The molecule has 6 nitrogen and oxygen atoms in total. The molecule has 0 radical (unpaired) electrons. The minimum atomic E-state index is -0.585. The van der Waals surface area contributed by atoms with E-state index in [9.17, 15) is 13.9 Å². The van der Waals surface area contributed by atoms with Gasteiger partial charge in [0.2, 0.25) is 0 Å². The largest absolute Gasteiger partial charge is 0.393 e. The van der Waals surface area contributed by atoms with Crippen LogP contribution in [0.5, 0.6) is 0 Å². The van der Waals surface area contributed by atoms with Crippen molar-refractivity contribution in [3.05, 3.63) is 42.3 Å². The fraction of sp³-hybridized carbons (Fsp3) is 0.400. The van der Waals surface area contributed by atoms with Gasteiger partial charge in [0.05, 0.1) is 12.3 Å². The minimum Gasteiger partial charge on any atom is -0.393 e. The van der Waals surface area contributed by atoms with E-state index in [1.54, 1.807) is 6.20 Å².